The highest BCUT2D eigenvalue weighted by atomic mass is 79.9. The molecule has 0 aromatic heterocycles. The molecule has 0 bridgehead atoms. The number of nitrogens with one attached hydrogen (secondary N) is 1. The van der Waals surface area contributed by atoms with Crippen molar-refractivity contribution in [3.8, 4) is 0 Å². The van der Waals surface area contributed by atoms with Crippen molar-refractivity contribution < 1.29 is 8.42 Å². The molecule has 1 N–H and O–H groups in total. The average molecular weight is 326 g/mol. The van der Waals surface area contributed by atoms with Gasteiger partial charge in [0.2, 0.25) is 10.0 Å². The fourth-order valence-electron chi connectivity index (χ4n) is 2.46. The van der Waals surface area contributed by atoms with E-state index in [4.69, 9.17) is 0 Å². The lowest BCUT2D eigenvalue weighted by atomic mass is 10.0. The molecule has 102 valence electrons. The zero-order valence-corrected chi connectivity index (χ0v) is 13.0. The summed E-state index contributed by atoms with van der Waals surface area (Å²) in [7, 11) is -3.06. The Hall–Kier alpha value is 0.390. The van der Waals surface area contributed by atoms with Gasteiger partial charge in [-0.2, -0.15) is 0 Å². The molecule has 0 heterocycles. The predicted molar refractivity (Wildman–Crippen MR) is 76.0 cm³/mol. The Morgan fingerprint density at radius 2 is 1.94 bits per heavy atom. The second-order valence-electron chi connectivity index (χ2n) is 4.93. The third-order valence-corrected chi connectivity index (χ3v) is 5.90. The van der Waals surface area contributed by atoms with Gasteiger partial charge in [0.15, 0.2) is 0 Å². The van der Waals surface area contributed by atoms with E-state index in [-0.39, 0.29) is 5.25 Å². The summed E-state index contributed by atoms with van der Waals surface area (Å²) in [6.07, 6.45) is 7.05. The standard InChI is InChI=1S/C12H24BrNO2S/c1-2-5-11(8-9-13)10-14-17(15,16)12-6-3-4-7-12/h11-12,14H,2-10H2,1H3. The lowest BCUT2D eigenvalue weighted by Gasteiger charge is -2.18. The van der Waals surface area contributed by atoms with E-state index in [0.717, 1.165) is 50.3 Å². The van der Waals surface area contributed by atoms with Gasteiger partial charge in [0.25, 0.3) is 0 Å². The van der Waals surface area contributed by atoms with E-state index in [1.165, 1.54) is 0 Å². The number of halogens is 1. The van der Waals surface area contributed by atoms with Crippen molar-refractivity contribution in [2.24, 2.45) is 5.92 Å². The maximum absolute atomic E-state index is 12.0. The van der Waals surface area contributed by atoms with Gasteiger partial charge in [0, 0.05) is 11.9 Å². The maximum atomic E-state index is 12.0. The molecule has 1 aliphatic carbocycles. The normalized spacial score (nSPS) is 19.6. The van der Waals surface area contributed by atoms with Crippen molar-refractivity contribution in [1.29, 1.82) is 0 Å². The third-order valence-electron chi connectivity index (χ3n) is 3.53. The largest absolute Gasteiger partial charge is 0.215 e. The Balaban J connectivity index is 2.40. The fourth-order valence-corrected chi connectivity index (χ4v) is 4.77. The van der Waals surface area contributed by atoms with Crippen LogP contribution >= 0.6 is 15.9 Å². The molecule has 3 nitrogen and oxygen atoms in total. The molecule has 0 saturated heterocycles. The summed E-state index contributed by atoms with van der Waals surface area (Å²) in [5.41, 5.74) is 0. The molecule has 0 amide bonds. The highest BCUT2D eigenvalue weighted by Gasteiger charge is 2.28. The first-order valence-electron chi connectivity index (χ1n) is 6.64. The second-order valence-corrected chi connectivity index (χ2v) is 7.77. The van der Waals surface area contributed by atoms with Crippen LogP contribution in [0.2, 0.25) is 0 Å². The zero-order valence-electron chi connectivity index (χ0n) is 10.6. The molecule has 1 aliphatic rings. The van der Waals surface area contributed by atoms with Crippen LogP contribution in [0.15, 0.2) is 0 Å². The first-order chi connectivity index (χ1) is 8.10. The van der Waals surface area contributed by atoms with Gasteiger partial charge in [-0.05, 0) is 31.6 Å². The highest BCUT2D eigenvalue weighted by molar-refractivity contribution is 9.09. The van der Waals surface area contributed by atoms with Crippen molar-refractivity contribution in [2.45, 2.75) is 57.1 Å². The van der Waals surface area contributed by atoms with Crippen LogP contribution in [-0.2, 0) is 10.0 Å². The Labute approximate surface area is 114 Å². The minimum Gasteiger partial charge on any atom is -0.215 e. The number of rotatable bonds is 8. The number of alkyl halides is 1. The van der Waals surface area contributed by atoms with Crippen LogP contribution in [0.4, 0.5) is 0 Å². The van der Waals surface area contributed by atoms with Crippen LogP contribution in [0.25, 0.3) is 0 Å². The van der Waals surface area contributed by atoms with Gasteiger partial charge in [0.1, 0.15) is 0 Å². The summed E-state index contributed by atoms with van der Waals surface area (Å²) in [4.78, 5) is 0. The summed E-state index contributed by atoms with van der Waals surface area (Å²) < 4.78 is 26.9. The summed E-state index contributed by atoms with van der Waals surface area (Å²) in [6, 6.07) is 0. The van der Waals surface area contributed by atoms with E-state index >= 15 is 0 Å². The lowest BCUT2D eigenvalue weighted by Crippen LogP contribution is -2.36. The van der Waals surface area contributed by atoms with Gasteiger partial charge in [0.05, 0.1) is 5.25 Å². The molecule has 0 radical (unpaired) electrons. The van der Waals surface area contributed by atoms with Gasteiger partial charge >= 0.3 is 0 Å². The van der Waals surface area contributed by atoms with Crippen LogP contribution in [0.5, 0.6) is 0 Å². The molecular weight excluding hydrogens is 302 g/mol. The first-order valence-corrected chi connectivity index (χ1v) is 9.31. The zero-order chi connectivity index (χ0) is 12.7. The van der Waals surface area contributed by atoms with E-state index in [1.54, 1.807) is 0 Å². The molecule has 1 saturated carbocycles. The summed E-state index contributed by atoms with van der Waals surface area (Å²) >= 11 is 3.43. The quantitative estimate of drug-likeness (QED) is 0.697. The fraction of sp³-hybridized carbons (Fsp3) is 1.00. The Kier molecular flexibility index (Phi) is 7.04. The highest BCUT2D eigenvalue weighted by Crippen LogP contribution is 2.24. The SMILES string of the molecule is CCCC(CCBr)CNS(=O)(=O)C1CCCC1. The first kappa shape index (κ1) is 15.4. The van der Waals surface area contributed by atoms with Gasteiger partial charge in [-0.15, -0.1) is 0 Å². The van der Waals surface area contributed by atoms with Gasteiger partial charge in [-0.25, -0.2) is 13.1 Å². The van der Waals surface area contributed by atoms with Crippen LogP contribution in [0.3, 0.4) is 0 Å². The van der Waals surface area contributed by atoms with E-state index in [0.29, 0.717) is 12.5 Å². The molecule has 17 heavy (non-hydrogen) atoms. The molecular formula is C12H24BrNO2S. The van der Waals surface area contributed by atoms with Gasteiger partial charge in [-0.1, -0.05) is 42.1 Å². The monoisotopic (exact) mass is 325 g/mol. The molecule has 1 atom stereocenters. The van der Waals surface area contributed by atoms with Crippen LogP contribution in [-0.4, -0.2) is 25.5 Å². The van der Waals surface area contributed by atoms with E-state index in [9.17, 15) is 8.42 Å². The number of hydrogen-bond acceptors (Lipinski definition) is 2. The van der Waals surface area contributed by atoms with Crippen molar-refractivity contribution in [3.63, 3.8) is 0 Å². The molecule has 1 fully saturated rings. The van der Waals surface area contributed by atoms with Gasteiger partial charge < -0.3 is 0 Å². The van der Waals surface area contributed by atoms with Crippen molar-refractivity contribution in [2.75, 3.05) is 11.9 Å². The van der Waals surface area contributed by atoms with E-state index < -0.39 is 10.0 Å². The molecule has 0 aliphatic heterocycles. The van der Waals surface area contributed by atoms with Crippen molar-refractivity contribution in [3.05, 3.63) is 0 Å². The van der Waals surface area contributed by atoms with Gasteiger partial charge in [-0.3, -0.25) is 0 Å². The van der Waals surface area contributed by atoms with Crippen molar-refractivity contribution in [1.82, 2.24) is 4.72 Å². The third kappa shape index (κ3) is 5.26. The van der Waals surface area contributed by atoms with E-state index in [1.807, 2.05) is 0 Å². The molecule has 0 spiro atoms. The summed E-state index contributed by atoms with van der Waals surface area (Å²) in [5, 5.41) is 0.816. The maximum Gasteiger partial charge on any atom is 0.214 e. The van der Waals surface area contributed by atoms with Crippen LogP contribution in [0, 0.1) is 5.92 Å². The lowest BCUT2D eigenvalue weighted by molar-refractivity contribution is 0.456. The Morgan fingerprint density at radius 3 is 2.47 bits per heavy atom. The summed E-state index contributed by atoms with van der Waals surface area (Å²) in [5.74, 6) is 0.468. The Morgan fingerprint density at radius 1 is 1.29 bits per heavy atom. The topological polar surface area (TPSA) is 46.2 Å². The minimum atomic E-state index is -3.06. The smallest absolute Gasteiger partial charge is 0.214 e. The van der Waals surface area contributed by atoms with Crippen LogP contribution in [0.1, 0.15) is 51.9 Å². The minimum absolute atomic E-state index is 0.131. The van der Waals surface area contributed by atoms with E-state index in [2.05, 4.69) is 27.6 Å². The molecule has 1 unspecified atom stereocenters. The molecule has 1 rings (SSSR count). The molecule has 0 aromatic carbocycles. The molecule has 5 heteroatoms. The average Bonchev–Trinajstić information content (AvgIpc) is 2.81. The Bertz CT molecular complexity index is 294. The predicted octanol–water partition coefficient (Wildman–Crippen LogP) is 3.05. The van der Waals surface area contributed by atoms with Crippen LogP contribution < -0.4 is 4.72 Å². The number of hydrogen-bond donors (Lipinski definition) is 1. The molecule has 0 aromatic rings. The van der Waals surface area contributed by atoms with Crippen molar-refractivity contribution >= 4 is 26.0 Å². The second kappa shape index (κ2) is 7.74. The summed E-state index contributed by atoms with van der Waals surface area (Å²) in [6.45, 7) is 2.75. The number of sulfonamides is 1.